The Morgan fingerprint density at radius 3 is 2.35 bits per heavy atom. The highest BCUT2D eigenvalue weighted by Gasteiger charge is 2.40. The molecular weight excluding hydrogens is 419 g/mol. The molecule has 5 N–H and O–H groups in total. The van der Waals surface area contributed by atoms with Gasteiger partial charge < -0.3 is 20.5 Å². The molecule has 0 aromatic heterocycles. The lowest BCUT2D eigenvalue weighted by Gasteiger charge is -2.33. The van der Waals surface area contributed by atoms with Gasteiger partial charge in [0.1, 0.15) is 6.04 Å². The van der Waals surface area contributed by atoms with Crippen molar-refractivity contribution in [3.63, 3.8) is 0 Å². The normalized spacial score (nSPS) is 20.1. The van der Waals surface area contributed by atoms with Crippen LogP contribution < -0.4 is 11.1 Å². The average Bonchev–Trinajstić information content (AvgIpc) is 2.71. The lowest BCUT2D eigenvalue weighted by Crippen LogP contribution is -2.46. The molecule has 31 heavy (non-hydrogen) atoms. The van der Waals surface area contributed by atoms with E-state index in [2.05, 4.69) is 5.32 Å². The standard InChI is InChI=1S/C22H43N2O6P/c1-4-30-22(27)19(12-8-9-13-23)24-20(14-17-10-6-5-7-11-17)31(28,29)15-18(16(2)3)21(25)26/h16-20,24H,4-15,23H2,1-3H3,(H,25,26)(H,28,29). The van der Waals surface area contributed by atoms with Crippen molar-refractivity contribution in [1.82, 2.24) is 5.32 Å². The van der Waals surface area contributed by atoms with Crippen LogP contribution in [0.25, 0.3) is 0 Å². The van der Waals surface area contributed by atoms with E-state index >= 15 is 0 Å². The predicted molar refractivity (Wildman–Crippen MR) is 122 cm³/mol. The molecule has 1 aliphatic rings. The molecule has 0 bridgehead atoms. The summed E-state index contributed by atoms with van der Waals surface area (Å²) in [6.45, 7) is 5.96. The van der Waals surface area contributed by atoms with E-state index in [1.807, 2.05) is 0 Å². The summed E-state index contributed by atoms with van der Waals surface area (Å²) in [4.78, 5) is 35.3. The summed E-state index contributed by atoms with van der Waals surface area (Å²) in [5, 5.41) is 12.7. The van der Waals surface area contributed by atoms with Crippen molar-refractivity contribution in [3.05, 3.63) is 0 Å². The summed E-state index contributed by atoms with van der Waals surface area (Å²) in [6.07, 6.45) is 7.40. The van der Waals surface area contributed by atoms with Crippen LogP contribution in [0.1, 0.15) is 78.6 Å². The second-order valence-electron chi connectivity index (χ2n) is 9.14. The number of nitrogens with two attached hydrogens (primary N) is 1. The van der Waals surface area contributed by atoms with Gasteiger partial charge in [0.2, 0.25) is 7.37 Å². The lowest BCUT2D eigenvalue weighted by atomic mass is 9.87. The highest BCUT2D eigenvalue weighted by molar-refractivity contribution is 7.58. The number of carboxylic acids is 1. The van der Waals surface area contributed by atoms with Crippen LogP contribution in [0.5, 0.6) is 0 Å². The highest BCUT2D eigenvalue weighted by Crippen LogP contribution is 2.51. The zero-order valence-corrected chi connectivity index (χ0v) is 20.3. The number of esters is 1. The van der Waals surface area contributed by atoms with Crippen molar-refractivity contribution in [2.45, 2.75) is 90.4 Å². The van der Waals surface area contributed by atoms with Crippen molar-refractivity contribution in [1.29, 1.82) is 0 Å². The van der Waals surface area contributed by atoms with Crippen LogP contribution in [0, 0.1) is 17.8 Å². The highest BCUT2D eigenvalue weighted by atomic mass is 31.2. The van der Waals surface area contributed by atoms with Gasteiger partial charge in [0.15, 0.2) is 0 Å². The van der Waals surface area contributed by atoms with Crippen molar-refractivity contribution in [2.75, 3.05) is 19.3 Å². The van der Waals surface area contributed by atoms with Gasteiger partial charge in [-0.25, -0.2) is 0 Å². The molecule has 0 aliphatic heterocycles. The molecule has 0 heterocycles. The van der Waals surface area contributed by atoms with Gasteiger partial charge in [0, 0.05) is 6.16 Å². The number of rotatable bonds is 15. The molecular formula is C22H43N2O6P. The van der Waals surface area contributed by atoms with Crippen LogP contribution >= 0.6 is 7.37 Å². The molecule has 8 nitrogen and oxygen atoms in total. The molecule has 0 radical (unpaired) electrons. The smallest absolute Gasteiger partial charge is 0.323 e. The molecule has 0 amide bonds. The average molecular weight is 463 g/mol. The number of nitrogens with one attached hydrogen (secondary N) is 1. The third-order valence-corrected chi connectivity index (χ3v) is 8.51. The van der Waals surface area contributed by atoms with E-state index < -0.39 is 37.1 Å². The number of ether oxygens (including phenoxy) is 1. The van der Waals surface area contributed by atoms with Crippen LogP contribution in [-0.4, -0.2) is 53.1 Å². The number of carbonyl (C=O) groups excluding carboxylic acids is 1. The molecule has 0 spiro atoms. The topological polar surface area (TPSA) is 139 Å². The minimum absolute atomic E-state index is 0.229. The van der Waals surface area contributed by atoms with Crippen molar-refractivity contribution >= 4 is 19.3 Å². The zero-order valence-electron chi connectivity index (χ0n) is 19.4. The lowest BCUT2D eigenvalue weighted by molar-refractivity contribution is -0.146. The Morgan fingerprint density at radius 1 is 1.19 bits per heavy atom. The zero-order chi connectivity index (χ0) is 23.4. The second-order valence-corrected chi connectivity index (χ2v) is 11.6. The number of unbranched alkanes of at least 4 members (excludes halogenated alkanes) is 1. The summed E-state index contributed by atoms with van der Waals surface area (Å²) < 4.78 is 18.7. The molecule has 0 saturated heterocycles. The van der Waals surface area contributed by atoms with E-state index in [9.17, 15) is 24.2 Å². The Labute approximate surface area is 187 Å². The third-order valence-electron chi connectivity index (χ3n) is 6.26. The number of hydrogen-bond acceptors (Lipinski definition) is 6. The SMILES string of the molecule is CCOC(=O)C(CCCCN)NC(CC1CCCCC1)P(=O)(O)CC(C(=O)O)C(C)C. The fourth-order valence-electron chi connectivity index (χ4n) is 4.31. The fraction of sp³-hybridized carbons (Fsp3) is 0.909. The predicted octanol–water partition coefficient (Wildman–Crippen LogP) is 3.56. The number of hydrogen-bond donors (Lipinski definition) is 4. The first-order valence-corrected chi connectivity index (χ1v) is 13.7. The first-order chi connectivity index (χ1) is 14.6. The fourth-order valence-corrected chi connectivity index (χ4v) is 6.74. The van der Waals surface area contributed by atoms with Gasteiger partial charge in [0.25, 0.3) is 0 Å². The maximum atomic E-state index is 13.5. The Kier molecular flexibility index (Phi) is 12.9. The summed E-state index contributed by atoms with van der Waals surface area (Å²) >= 11 is 0. The summed E-state index contributed by atoms with van der Waals surface area (Å²) in [5.74, 6) is -3.22. The molecule has 1 rings (SSSR count). The van der Waals surface area contributed by atoms with Crippen molar-refractivity contribution in [3.8, 4) is 0 Å². The third kappa shape index (κ3) is 10.0. The monoisotopic (exact) mass is 462 g/mol. The molecule has 4 unspecified atom stereocenters. The van der Waals surface area contributed by atoms with E-state index in [1.165, 1.54) is 6.42 Å². The van der Waals surface area contributed by atoms with Crippen LogP contribution in [-0.2, 0) is 18.9 Å². The minimum atomic E-state index is -3.91. The Morgan fingerprint density at radius 2 is 1.84 bits per heavy atom. The van der Waals surface area contributed by atoms with Crippen LogP contribution in [0.4, 0.5) is 0 Å². The molecule has 182 valence electrons. The van der Waals surface area contributed by atoms with Crippen molar-refractivity contribution < 1.29 is 28.9 Å². The summed E-state index contributed by atoms with van der Waals surface area (Å²) in [5.41, 5.74) is 5.58. The first-order valence-electron chi connectivity index (χ1n) is 11.8. The van der Waals surface area contributed by atoms with Gasteiger partial charge in [-0.15, -0.1) is 0 Å². The number of aliphatic carboxylic acids is 1. The van der Waals surface area contributed by atoms with Crippen LogP contribution in [0.15, 0.2) is 0 Å². The van der Waals surface area contributed by atoms with Crippen molar-refractivity contribution in [2.24, 2.45) is 23.5 Å². The molecule has 0 aromatic rings. The minimum Gasteiger partial charge on any atom is -0.481 e. The number of carboxylic acid groups (broad SMARTS) is 1. The van der Waals surface area contributed by atoms with Crippen LogP contribution in [0.3, 0.4) is 0 Å². The van der Waals surface area contributed by atoms with Gasteiger partial charge >= 0.3 is 11.9 Å². The van der Waals surface area contributed by atoms with E-state index in [-0.39, 0.29) is 18.7 Å². The summed E-state index contributed by atoms with van der Waals surface area (Å²) in [6, 6.07) is -0.706. The van der Waals surface area contributed by atoms with E-state index in [0.29, 0.717) is 31.7 Å². The van der Waals surface area contributed by atoms with E-state index in [4.69, 9.17) is 10.5 Å². The van der Waals surface area contributed by atoms with Gasteiger partial charge in [-0.2, -0.15) is 0 Å². The van der Waals surface area contributed by atoms with Gasteiger partial charge in [0.05, 0.1) is 18.3 Å². The quantitative estimate of drug-likeness (QED) is 0.165. The maximum Gasteiger partial charge on any atom is 0.323 e. The molecule has 1 fully saturated rings. The largest absolute Gasteiger partial charge is 0.481 e. The molecule has 4 atom stereocenters. The maximum absolute atomic E-state index is 13.5. The first kappa shape index (κ1) is 28.1. The second kappa shape index (κ2) is 14.2. The molecule has 9 heteroatoms. The molecule has 0 aromatic carbocycles. The van der Waals surface area contributed by atoms with E-state index in [1.54, 1.807) is 20.8 Å². The van der Waals surface area contributed by atoms with Crippen LogP contribution in [0.2, 0.25) is 0 Å². The Balaban J connectivity index is 3.09. The van der Waals surface area contributed by atoms with Gasteiger partial charge in [-0.3, -0.25) is 19.5 Å². The number of carbonyl (C=O) groups is 2. The summed E-state index contributed by atoms with van der Waals surface area (Å²) in [7, 11) is -3.91. The molecule has 1 saturated carbocycles. The molecule has 1 aliphatic carbocycles. The van der Waals surface area contributed by atoms with Gasteiger partial charge in [-0.05, 0) is 44.6 Å². The Hall–Kier alpha value is -0.950. The Bertz CT molecular complexity index is 595. The van der Waals surface area contributed by atoms with E-state index in [0.717, 1.165) is 32.1 Å². The van der Waals surface area contributed by atoms with Gasteiger partial charge in [-0.1, -0.05) is 52.4 Å².